The van der Waals surface area contributed by atoms with Gasteiger partial charge in [-0.3, -0.25) is 19.7 Å². The minimum atomic E-state index is -0.833. The molecule has 8 nitrogen and oxygen atoms in total. The molecule has 1 unspecified atom stereocenters. The van der Waals surface area contributed by atoms with Crippen molar-refractivity contribution >= 4 is 51.0 Å². The Morgan fingerprint density at radius 2 is 2.03 bits per heavy atom. The van der Waals surface area contributed by atoms with Crippen LogP contribution in [-0.2, 0) is 14.3 Å². The monoisotopic (exact) mass is 553 g/mol. The molecule has 2 N–H and O–H groups in total. The zero-order valence-corrected chi connectivity index (χ0v) is 21.8. The lowest BCUT2D eigenvalue weighted by atomic mass is 9.98. The smallest absolute Gasteiger partial charge is 0.308 e. The molecule has 1 aliphatic carbocycles. The Labute approximate surface area is 214 Å². The van der Waals surface area contributed by atoms with Crippen LogP contribution in [0.25, 0.3) is 0 Å². The van der Waals surface area contributed by atoms with Gasteiger partial charge in [0.05, 0.1) is 18.6 Å². The quantitative estimate of drug-likeness (QED) is 0.287. The Bertz CT molecular complexity index is 907. The number of esters is 1. The number of halogens is 1. The van der Waals surface area contributed by atoms with E-state index >= 15 is 0 Å². The first-order chi connectivity index (χ1) is 16.4. The van der Waals surface area contributed by atoms with Gasteiger partial charge in [0, 0.05) is 17.6 Å². The first kappa shape index (κ1) is 26.4. The Kier molecular flexibility index (Phi) is 10.1. The van der Waals surface area contributed by atoms with Gasteiger partial charge in [-0.1, -0.05) is 35.7 Å². The van der Waals surface area contributed by atoms with E-state index in [0.29, 0.717) is 31.0 Å². The normalized spacial score (nSPS) is 18.7. The van der Waals surface area contributed by atoms with Gasteiger partial charge in [0.15, 0.2) is 5.11 Å². The molecule has 10 heteroatoms. The number of amides is 2. The highest BCUT2D eigenvalue weighted by Crippen LogP contribution is 2.24. The number of carbonyl (C=O) groups excluding carboxylic acids is 3. The van der Waals surface area contributed by atoms with E-state index in [1.165, 1.54) is 0 Å². The fraction of sp³-hybridized carbons (Fsp3) is 0.583. The summed E-state index contributed by atoms with van der Waals surface area (Å²) in [6.07, 6.45) is 6.60. The van der Waals surface area contributed by atoms with E-state index in [9.17, 15) is 14.4 Å². The number of hydrogen-bond acceptors (Lipinski definition) is 6. The first-order valence-electron chi connectivity index (χ1n) is 11.9. The van der Waals surface area contributed by atoms with Gasteiger partial charge < -0.3 is 19.7 Å². The Morgan fingerprint density at radius 3 is 2.76 bits per heavy atom. The molecule has 186 valence electrons. The minimum Gasteiger partial charge on any atom is -0.493 e. The molecule has 0 bridgehead atoms. The molecule has 1 aliphatic heterocycles. The molecule has 1 saturated carbocycles. The molecular formula is C24H32BrN3O5S. The second kappa shape index (κ2) is 13.0. The van der Waals surface area contributed by atoms with Crippen LogP contribution in [-0.4, -0.2) is 59.6 Å². The van der Waals surface area contributed by atoms with Crippen molar-refractivity contribution < 1.29 is 23.9 Å². The molecule has 2 aliphatic rings. The van der Waals surface area contributed by atoms with Crippen molar-refractivity contribution in [3.8, 4) is 5.75 Å². The molecule has 0 spiro atoms. The Morgan fingerprint density at radius 1 is 1.26 bits per heavy atom. The third-order valence-corrected chi connectivity index (χ3v) is 6.79. The molecule has 0 aromatic heterocycles. The van der Waals surface area contributed by atoms with E-state index < -0.39 is 17.9 Å². The zero-order valence-electron chi connectivity index (χ0n) is 19.4. The molecular weight excluding hydrogens is 522 g/mol. The van der Waals surface area contributed by atoms with Crippen LogP contribution in [0.3, 0.4) is 0 Å². The van der Waals surface area contributed by atoms with Crippen molar-refractivity contribution in [2.24, 2.45) is 0 Å². The molecule has 2 fully saturated rings. The second-order valence-electron chi connectivity index (χ2n) is 8.56. The van der Waals surface area contributed by atoms with E-state index in [1.807, 2.05) is 0 Å². The third kappa shape index (κ3) is 7.40. The van der Waals surface area contributed by atoms with Gasteiger partial charge in [-0.2, -0.15) is 0 Å². The summed E-state index contributed by atoms with van der Waals surface area (Å²) in [6.45, 7) is 3.31. The maximum absolute atomic E-state index is 13.1. The first-order valence-corrected chi connectivity index (χ1v) is 13.1. The zero-order chi connectivity index (χ0) is 24.5. The van der Waals surface area contributed by atoms with Crippen molar-refractivity contribution in [2.75, 3.05) is 19.7 Å². The van der Waals surface area contributed by atoms with E-state index in [-0.39, 0.29) is 23.5 Å². The average molecular weight is 555 g/mol. The molecule has 1 atom stereocenters. The Balaban J connectivity index is 1.65. The van der Waals surface area contributed by atoms with Gasteiger partial charge in [-0.25, -0.2) is 0 Å². The summed E-state index contributed by atoms with van der Waals surface area (Å²) in [7, 11) is 0. The van der Waals surface area contributed by atoms with Gasteiger partial charge in [-0.15, -0.1) is 0 Å². The summed E-state index contributed by atoms with van der Waals surface area (Å²) in [6, 6.07) is 4.37. The van der Waals surface area contributed by atoms with Crippen molar-refractivity contribution in [1.29, 1.82) is 0 Å². The van der Waals surface area contributed by atoms with Crippen molar-refractivity contribution in [2.45, 2.75) is 70.4 Å². The topological polar surface area (TPSA) is 97.0 Å². The van der Waals surface area contributed by atoms with Crippen LogP contribution in [0.5, 0.6) is 5.75 Å². The summed E-state index contributed by atoms with van der Waals surface area (Å²) in [5.74, 6) is -0.713. The minimum absolute atomic E-state index is 0.0873. The number of benzene rings is 1. The predicted molar refractivity (Wildman–Crippen MR) is 136 cm³/mol. The number of rotatable bonds is 8. The molecule has 34 heavy (non-hydrogen) atoms. The number of nitrogens with zero attached hydrogens (tertiary/aromatic N) is 1. The van der Waals surface area contributed by atoms with Gasteiger partial charge in [0.25, 0.3) is 5.91 Å². The van der Waals surface area contributed by atoms with Crippen LogP contribution in [0.4, 0.5) is 0 Å². The standard InChI is InChI=1S/C24H32BrN3O5S/c1-2-3-13-32-20-10-9-16(25)14-18(20)22(30)27-24(34)28-12-11-26-23(31)19(28)15-21(29)33-17-7-5-4-6-8-17/h9-10,14,17,19H,2-8,11-13,15H2,1H3,(H,26,31)(H,27,30,34). The van der Waals surface area contributed by atoms with Gasteiger partial charge in [-0.05, 0) is 62.5 Å². The largest absolute Gasteiger partial charge is 0.493 e. The van der Waals surface area contributed by atoms with E-state index in [0.717, 1.165) is 49.4 Å². The predicted octanol–water partition coefficient (Wildman–Crippen LogP) is 3.71. The summed E-state index contributed by atoms with van der Waals surface area (Å²) in [5, 5.41) is 5.58. The highest BCUT2D eigenvalue weighted by molar-refractivity contribution is 9.10. The van der Waals surface area contributed by atoms with Gasteiger partial charge >= 0.3 is 5.97 Å². The number of carbonyl (C=O) groups is 3. The van der Waals surface area contributed by atoms with Crippen LogP contribution < -0.4 is 15.4 Å². The van der Waals surface area contributed by atoms with Crippen molar-refractivity contribution in [1.82, 2.24) is 15.5 Å². The van der Waals surface area contributed by atoms with Crippen LogP contribution in [0.1, 0.15) is 68.6 Å². The summed E-state index contributed by atoms with van der Waals surface area (Å²) in [5.41, 5.74) is 0.336. The fourth-order valence-electron chi connectivity index (χ4n) is 4.10. The highest BCUT2D eigenvalue weighted by atomic mass is 79.9. The lowest BCUT2D eigenvalue weighted by Crippen LogP contribution is -2.60. The number of unbranched alkanes of at least 4 members (excludes halogenated alkanes) is 1. The molecule has 1 aromatic rings. The summed E-state index contributed by atoms with van der Waals surface area (Å²) in [4.78, 5) is 39.8. The SMILES string of the molecule is CCCCOc1ccc(Br)cc1C(=O)NC(=S)N1CCNC(=O)C1CC(=O)OC1CCCCC1. The summed E-state index contributed by atoms with van der Waals surface area (Å²) < 4.78 is 12.1. The molecule has 2 amide bonds. The van der Waals surface area contributed by atoms with Crippen molar-refractivity contribution in [3.63, 3.8) is 0 Å². The van der Waals surface area contributed by atoms with Crippen LogP contribution in [0.2, 0.25) is 0 Å². The number of nitrogens with one attached hydrogen (secondary N) is 2. The maximum atomic E-state index is 13.1. The highest BCUT2D eigenvalue weighted by Gasteiger charge is 2.35. The molecule has 1 saturated heterocycles. The molecule has 3 rings (SSSR count). The van der Waals surface area contributed by atoms with E-state index in [4.69, 9.17) is 21.7 Å². The number of piperazine rings is 1. The maximum Gasteiger partial charge on any atom is 0.308 e. The number of thiocarbonyl (C=S) groups is 1. The summed E-state index contributed by atoms with van der Waals surface area (Å²) >= 11 is 8.88. The van der Waals surface area contributed by atoms with Gasteiger partial charge in [0.2, 0.25) is 5.91 Å². The van der Waals surface area contributed by atoms with E-state index in [2.05, 4.69) is 33.5 Å². The lowest BCUT2D eigenvalue weighted by Gasteiger charge is -2.36. The number of hydrogen-bond donors (Lipinski definition) is 2. The van der Waals surface area contributed by atoms with Gasteiger partial charge in [0.1, 0.15) is 17.9 Å². The number of ether oxygens (including phenoxy) is 2. The third-order valence-electron chi connectivity index (χ3n) is 5.96. The van der Waals surface area contributed by atoms with Crippen LogP contribution in [0, 0.1) is 0 Å². The fourth-order valence-corrected chi connectivity index (χ4v) is 4.78. The van der Waals surface area contributed by atoms with Crippen LogP contribution >= 0.6 is 28.1 Å². The Hall–Kier alpha value is -2.20. The average Bonchev–Trinajstić information content (AvgIpc) is 2.82. The van der Waals surface area contributed by atoms with E-state index in [1.54, 1.807) is 23.1 Å². The molecule has 1 heterocycles. The molecule has 0 radical (unpaired) electrons. The second-order valence-corrected chi connectivity index (χ2v) is 9.86. The lowest BCUT2D eigenvalue weighted by molar-refractivity contribution is -0.153. The molecule has 1 aromatic carbocycles. The van der Waals surface area contributed by atoms with Crippen molar-refractivity contribution in [3.05, 3.63) is 28.2 Å². The van der Waals surface area contributed by atoms with Crippen LogP contribution in [0.15, 0.2) is 22.7 Å².